The van der Waals surface area contributed by atoms with Crippen LogP contribution in [0.15, 0.2) is 30.3 Å². The van der Waals surface area contributed by atoms with Crippen LogP contribution in [0.1, 0.15) is 22.3 Å². The summed E-state index contributed by atoms with van der Waals surface area (Å²) < 4.78 is 5.95. The molecule has 0 spiro atoms. The molecular formula is C17H18N2O. The van der Waals surface area contributed by atoms with E-state index >= 15 is 0 Å². The Bertz CT molecular complexity index is 684. The Hall–Kier alpha value is -2.47. The van der Waals surface area contributed by atoms with Gasteiger partial charge in [-0.2, -0.15) is 5.26 Å². The molecule has 0 atom stereocenters. The van der Waals surface area contributed by atoms with Crippen molar-refractivity contribution in [3.63, 3.8) is 0 Å². The third kappa shape index (κ3) is 2.92. The molecule has 2 N–H and O–H groups in total. The topological polar surface area (TPSA) is 59.0 Å². The third-order valence-electron chi connectivity index (χ3n) is 3.38. The lowest BCUT2D eigenvalue weighted by atomic mass is 10.1. The van der Waals surface area contributed by atoms with Gasteiger partial charge >= 0.3 is 0 Å². The normalized spacial score (nSPS) is 10.1. The minimum absolute atomic E-state index is 0.287. The maximum atomic E-state index is 8.80. The molecule has 2 aromatic carbocycles. The molecule has 2 aromatic rings. The Morgan fingerprint density at radius 2 is 1.90 bits per heavy atom. The predicted molar refractivity (Wildman–Crippen MR) is 80.9 cm³/mol. The fourth-order valence-electron chi connectivity index (χ4n) is 2.12. The zero-order chi connectivity index (χ0) is 14.7. The van der Waals surface area contributed by atoms with Crippen molar-refractivity contribution in [3.05, 3.63) is 52.6 Å². The summed E-state index contributed by atoms with van der Waals surface area (Å²) in [6.45, 7) is 6.15. The number of hydrogen-bond donors (Lipinski definition) is 1. The minimum Gasteiger partial charge on any atom is -0.457 e. The summed E-state index contributed by atoms with van der Waals surface area (Å²) in [5.74, 6) is 1.55. The Balaban J connectivity index is 2.36. The molecule has 0 saturated carbocycles. The number of nitrogens with zero attached hydrogens (tertiary/aromatic N) is 1. The largest absolute Gasteiger partial charge is 0.457 e. The molecule has 0 aliphatic heterocycles. The van der Waals surface area contributed by atoms with Crippen LogP contribution in [0.4, 0.5) is 5.69 Å². The smallest absolute Gasteiger partial charge is 0.130 e. The van der Waals surface area contributed by atoms with Gasteiger partial charge in [-0.25, -0.2) is 0 Å². The number of hydrogen-bond acceptors (Lipinski definition) is 3. The van der Waals surface area contributed by atoms with Gasteiger partial charge in [0.05, 0.1) is 12.5 Å². The van der Waals surface area contributed by atoms with Crippen LogP contribution in [0.25, 0.3) is 0 Å². The summed E-state index contributed by atoms with van der Waals surface area (Å²) in [6.07, 6.45) is 0.287. The van der Waals surface area contributed by atoms with E-state index in [2.05, 4.69) is 19.1 Å². The highest BCUT2D eigenvalue weighted by Gasteiger charge is 2.07. The lowest BCUT2D eigenvalue weighted by Crippen LogP contribution is -1.96. The highest BCUT2D eigenvalue weighted by atomic mass is 16.5. The zero-order valence-corrected chi connectivity index (χ0v) is 12.0. The molecule has 2 rings (SSSR count). The third-order valence-corrected chi connectivity index (χ3v) is 3.38. The maximum absolute atomic E-state index is 8.80. The van der Waals surface area contributed by atoms with E-state index in [4.69, 9.17) is 15.7 Å². The second-order valence-electron chi connectivity index (χ2n) is 5.00. The fourth-order valence-corrected chi connectivity index (χ4v) is 2.12. The van der Waals surface area contributed by atoms with Gasteiger partial charge in [0.2, 0.25) is 0 Å². The molecular weight excluding hydrogens is 248 g/mol. The maximum Gasteiger partial charge on any atom is 0.130 e. The lowest BCUT2D eigenvalue weighted by molar-refractivity contribution is 0.477. The quantitative estimate of drug-likeness (QED) is 0.852. The van der Waals surface area contributed by atoms with Gasteiger partial charge in [-0.3, -0.25) is 0 Å². The summed E-state index contributed by atoms with van der Waals surface area (Å²) in [6, 6.07) is 11.7. The van der Waals surface area contributed by atoms with Gasteiger partial charge in [-0.1, -0.05) is 6.07 Å². The van der Waals surface area contributed by atoms with E-state index in [0.29, 0.717) is 11.4 Å². The molecule has 0 aliphatic carbocycles. The van der Waals surface area contributed by atoms with Crippen molar-refractivity contribution >= 4 is 5.69 Å². The van der Waals surface area contributed by atoms with Crippen LogP contribution >= 0.6 is 0 Å². The first-order chi connectivity index (χ1) is 9.51. The number of nitrogens with two attached hydrogens (primary N) is 1. The Morgan fingerprint density at radius 3 is 2.60 bits per heavy atom. The van der Waals surface area contributed by atoms with Crippen LogP contribution in [-0.2, 0) is 6.42 Å². The van der Waals surface area contributed by atoms with Crippen LogP contribution < -0.4 is 10.5 Å². The van der Waals surface area contributed by atoms with Crippen LogP contribution in [0.3, 0.4) is 0 Å². The van der Waals surface area contributed by atoms with Crippen LogP contribution in [-0.4, -0.2) is 0 Å². The van der Waals surface area contributed by atoms with Crippen molar-refractivity contribution in [1.29, 1.82) is 5.26 Å². The Morgan fingerprint density at radius 1 is 1.15 bits per heavy atom. The van der Waals surface area contributed by atoms with E-state index in [-0.39, 0.29) is 6.42 Å². The predicted octanol–water partition coefficient (Wildman–Crippen LogP) is 4.05. The van der Waals surface area contributed by atoms with Gasteiger partial charge in [-0.15, -0.1) is 0 Å². The SMILES string of the molecule is Cc1cc(C)c(C)c(Oc2ccc(N)c(CC#N)c2)c1. The van der Waals surface area contributed by atoms with Crippen molar-refractivity contribution in [1.82, 2.24) is 0 Å². The molecule has 0 bridgehead atoms. The molecule has 0 aromatic heterocycles. The van der Waals surface area contributed by atoms with Gasteiger partial charge < -0.3 is 10.5 Å². The molecule has 0 fully saturated rings. The van der Waals surface area contributed by atoms with E-state index < -0.39 is 0 Å². The summed E-state index contributed by atoms with van der Waals surface area (Å²) in [5, 5.41) is 8.80. The monoisotopic (exact) mass is 266 g/mol. The van der Waals surface area contributed by atoms with E-state index in [9.17, 15) is 0 Å². The van der Waals surface area contributed by atoms with Crippen molar-refractivity contribution in [3.8, 4) is 17.6 Å². The summed E-state index contributed by atoms with van der Waals surface area (Å²) in [7, 11) is 0. The minimum atomic E-state index is 0.287. The van der Waals surface area contributed by atoms with Crippen LogP contribution in [0, 0.1) is 32.1 Å². The van der Waals surface area contributed by atoms with E-state index in [1.54, 1.807) is 6.07 Å². The van der Waals surface area contributed by atoms with Gasteiger partial charge in [0.15, 0.2) is 0 Å². The van der Waals surface area contributed by atoms with Crippen molar-refractivity contribution in [2.45, 2.75) is 27.2 Å². The zero-order valence-electron chi connectivity index (χ0n) is 12.0. The van der Waals surface area contributed by atoms with E-state index in [1.165, 1.54) is 5.56 Å². The number of anilines is 1. The average Bonchev–Trinajstić information content (AvgIpc) is 2.39. The number of benzene rings is 2. The molecule has 0 aliphatic rings. The van der Waals surface area contributed by atoms with Gasteiger partial charge in [0.25, 0.3) is 0 Å². The molecule has 0 unspecified atom stereocenters. The standard InChI is InChI=1S/C17H18N2O/c1-11-8-12(2)13(3)17(9-11)20-15-4-5-16(19)14(10-15)6-7-18/h4-5,8-10H,6,19H2,1-3H3. The van der Waals surface area contributed by atoms with Crippen molar-refractivity contribution < 1.29 is 4.74 Å². The van der Waals surface area contributed by atoms with E-state index in [1.807, 2.05) is 32.0 Å². The van der Waals surface area contributed by atoms with Gasteiger partial charge in [0.1, 0.15) is 11.5 Å². The molecule has 3 nitrogen and oxygen atoms in total. The number of nitrogen functional groups attached to an aromatic ring is 1. The first-order valence-electron chi connectivity index (χ1n) is 6.52. The first-order valence-corrected chi connectivity index (χ1v) is 6.52. The molecule has 102 valence electrons. The highest BCUT2D eigenvalue weighted by molar-refractivity contribution is 5.53. The summed E-state index contributed by atoms with van der Waals surface area (Å²) >= 11 is 0. The lowest BCUT2D eigenvalue weighted by Gasteiger charge is -2.13. The molecule has 0 saturated heterocycles. The van der Waals surface area contributed by atoms with Gasteiger partial charge in [0, 0.05) is 5.69 Å². The number of nitriles is 1. The molecule has 0 amide bonds. The molecule has 0 radical (unpaired) electrons. The first kappa shape index (κ1) is 14.0. The molecule has 20 heavy (non-hydrogen) atoms. The molecule has 3 heteroatoms. The van der Waals surface area contributed by atoms with Crippen molar-refractivity contribution in [2.75, 3.05) is 5.73 Å². The Kier molecular flexibility index (Phi) is 3.95. The summed E-state index contributed by atoms with van der Waals surface area (Å²) in [5.41, 5.74) is 10.7. The highest BCUT2D eigenvalue weighted by Crippen LogP contribution is 2.30. The Labute approximate surface area is 119 Å². The van der Waals surface area contributed by atoms with Gasteiger partial charge in [-0.05, 0) is 67.3 Å². The average molecular weight is 266 g/mol. The van der Waals surface area contributed by atoms with E-state index in [0.717, 1.165) is 22.4 Å². The second kappa shape index (κ2) is 5.66. The molecule has 0 heterocycles. The number of rotatable bonds is 3. The fraction of sp³-hybridized carbons (Fsp3) is 0.235. The summed E-state index contributed by atoms with van der Waals surface area (Å²) in [4.78, 5) is 0. The van der Waals surface area contributed by atoms with Crippen LogP contribution in [0.2, 0.25) is 0 Å². The number of aryl methyl sites for hydroxylation is 2. The second-order valence-corrected chi connectivity index (χ2v) is 5.00. The van der Waals surface area contributed by atoms with Crippen LogP contribution in [0.5, 0.6) is 11.5 Å². The van der Waals surface area contributed by atoms with Crippen molar-refractivity contribution in [2.24, 2.45) is 0 Å². The number of ether oxygens (including phenoxy) is 1.